The summed E-state index contributed by atoms with van der Waals surface area (Å²) in [4.78, 5) is 22.8. The Bertz CT molecular complexity index is 227. The van der Waals surface area contributed by atoms with Crippen molar-refractivity contribution in [2.75, 3.05) is 0 Å². The molecule has 0 heterocycles. The molecule has 0 spiro atoms. The van der Waals surface area contributed by atoms with Crippen LogP contribution >= 0.6 is 0 Å². The Labute approximate surface area is 92.4 Å². The van der Waals surface area contributed by atoms with Crippen LogP contribution in [-0.4, -0.2) is 11.6 Å². The summed E-state index contributed by atoms with van der Waals surface area (Å²) in [5, 5.41) is 0. The summed E-state index contributed by atoms with van der Waals surface area (Å²) in [5.74, 6) is 1.12. The number of ketones is 2. The number of carbonyl (C=O) groups excluding carboxylic acids is 2. The van der Waals surface area contributed by atoms with E-state index in [0.717, 1.165) is 12.8 Å². The van der Waals surface area contributed by atoms with Crippen LogP contribution in [0.3, 0.4) is 0 Å². The quantitative estimate of drug-likeness (QED) is 0.698. The van der Waals surface area contributed by atoms with Crippen LogP contribution in [0.25, 0.3) is 0 Å². The second-order valence-electron chi connectivity index (χ2n) is 5.02. The van der Waals surface area contributed by atoms with E-state index in [0.29, 0.717) is 24.5 Å². The SMILES string of the molecule is CC(=O)CC(C)CC(=O)C1CCCCC1. The van der Waals surface area contributed by atoms with Crippen molar-refractivity contribution in [1.82, 2.24) is 0 Å². The number of hydrogen-bond acceptors (Lipinski definition) is 2. The molecule has 1 aliphatic rings. The molecule has 0 aromatic heterocycles. The molecular formula is C13H22O2. The Morgan fingerprint density at radius 3 is 2.27 bits per heavy atom. The van der Waals surface area contributed by atoms with Gasteiger partial charge in [-0.15, -0.1) is 0 Å². The molecule has 15 heavy (non-hydrogen) atoms. The Kier molecular flexibility index (Phi) is 5.00. The lowest BCUT2D eigenvalue weighted by atomic mass is 9.83. The van der Waals surface area contributed by atoms with Gasteiger partial charge in [0.25, 0.3) is 0 Å². The number of hydrogen-bond donors (Lipinski definition) is 0. The molecular weight excluding hydrogens is 188 g/mol. The predicted octanol–water partition coefficient (Wildman–Crippen LogP) is 3.14. The van der Waals surface area contributed by atoms with Gasteiger partial charge in [0.15, 0.2) is 0 Å². The zero-order valence-corrected chi connectivity index (χ0v) is 9.92. The Balaban J connectivity index is 2.30. The summed E-state index contributed by atoms with van der Waals surface area (Å²) < 4.78 is 0. The number of carbonyl (C=O) groups is 2. The topological polar surface area (TPSA) is 34.1 Å². The average Bonchev–Trinajstić information content (AvgIpc) is 2.17. The molecule has 1 unspecified atom stereocenters. The zero-order chi connectivity index (χ0) is 11.3. The molecule has 1 fully saturated rings. The van der Waals surface area contributed by atoms with Crippen molar-refractivity contribution in [3.8, 4) is 0 Å². The first kappa shape index (κ1) is 12.4. The van der Waals surface area contributed by atoms with E-state index in [1.54, 1.807) is 6.92 Å². The molecule has 1 aliphatic carbocycles. The summed E-state index contributed by atoms with van der Waals surface area (Å²) in [6, 6.07) is 0. The minimum Gasteiger partial charge on any atom is -0.300 e. The summed E-state index contributed by atoms with van der Waals surface area (Å²) in [5.41, 5.74) is 0. The molecule has 0 radical (unpaired) electrons. The lowest BCUT2D eigenvalue weighted by Crippen LogP contribution is -2.20. The van der Waals surface area contributed by atoms with E-state index in [-0.39, 0.29) is 11.7 Å². The minimum absolute atomic E-state index is 0.193. The predicted molar refractivity (Wildman–Crippen MR) is 60.7 cm³/mol. The van der Waals surface area contributed by atoms with E-state index in [9.17, 15) is 9.59 Å². The first-order chi connectivity index (χ1) is 7.09. The third kappa shape index (κ3) is 4.59. The molecule has 0 aliphatic heterocycles. The van der Waals surface area contributed by atoms with Crippen molar-refractivity contribution in [1.29, 1.82) is 0 Å². The van der Waals surface area contributed by atoms with Crippen molar-refractivity contribution in [2.45, 2.75) is 58.8 Å². The second-order valence-corrected chi connectivity index (χ2v) is 5.02. The number of Topliss-reactive ketones (excluding diaryl/α,β-unsaturated/α-hetero) is 2. The maximum absolute atomic E-state index is 11.9. The maximum atomic E-state index is 11.9. The van der Waals surface area contributed by atoms with Gasteiger partial charge >= 0.3 is 0 Å². The molecule has 0 saturated heterocycles. The van der Waals surface area contributed by atoms with Crippen LogP contribution in [-0.2, 0) is 9.59 Å². The van der Waals surface area contributed by atoms with E-state index in [2.05, 4.69) is 0 Å². The van der Waals surface area contributed by atoms with Crippen LogP contribution in [0.4, 0.5) is 0 Å². The lowest BCUT2D eigenvalue weighted by molar-refractivity contribution is -0.125. The summed E-state index contributed by atoms with van der Waals surface area (Å²) in [7, 11) is 0. The van der Waals surface area contributed by atoms with Gasteiger partial charge in [0.1, 0.15) is 11.6 Å². The van der Waals surface area contributed by atoms with Crippen LogP contribution < -0.4 is 0 Å². The van der Waals surface area contributed by atoms with Gasteiger partial charge in [0.2, 0.25) is 0 Å². The summed E-state index contributed by atoms with van der Waals surface area (Å²) in [6.07, 6.45) is 7.00. The number of rotatable bonds is 5. The molecule has 2 nitrogen and oxygen atoms in total. The summed E-state index contributed by atoms with van der Waals surface area (Å²) >= 11 is 0. The van der Waals surface area contributed by atoms with Crippen LogP contribution in [0.5, 0.6) is 0 Å². The van der Waals surface area contributed by atoms with E-state index in [1.807, 2.05) is 6.92 Å². The highest BCUT2D eigenvalue weighted by molar-refractivity contribution is 5.82. The normalized spacial score (nSPS) is 19.9. The fraction of sp³-hybridized carbons (Fsp3) is 0.846. The molecule has 0 bridgehead atoms. The third-order valence-electron chi connectivity index (χ3n) is 3.25. The fourth-order valence-corrected chi connectivity index (χ4v) is 2.50. The highest BCUT2D eigenvalue weighted by atomic mass is 16.1. The van der Waals surface area contributed by atoms with Crippen molar-refractivity contribution < 1.29 is 9.59 Å². The van der Waals surface area contributed by atoms with Gasteiger partial charge in [-0.2, -0.15) is 0 Å². The Morgan fingerprint density at radius 1 is 1.13 bits per heavy atom. The van der Waals surface area contributed by atoms with Gasteiger partial charge in [-0.25, -0.2) is 0 Å². The summed E-state index contributed by atoms with van der Waals surface area (Å²) in [6.45, 7) is 3.60. The third-order valence-corrected chi connectivity index (χ3v) is 3.25. The van der Waals surface area contributed by atoms with Gasteiger partial charge in [0, 0.05) is 18.8 Å². The second kappa shape index (κ2) is 6.04. The Hall–Kier alpha value is -0.660. The fourth-order valence-electron chi connectivity index (χ4n) is 2.50. The minimum atomic E-state index is 0.193. The van der Waals surface area contributed by atoms with Crippen molar-refractivity contribution >= 4 is 11.6 Å². The van der Waals surface area contributed by atoms with Gasteiger partial charge in [-0.05, 0) is 25.7 Å². The van der Waals surface area contributed by atoms with Crippen LogP contribution in [0.15, 0.2) is 0 Å². The highest BCUT2D eigenvalue weighted by Crippen LogP contribution is 2.26. The van der Waals surface area contributed by atoms with Crippen LogP contribution in [0.1, 0.15) is 58.8 Å². The monoisotopic (exact) mass is 210 g/mol. The molecule has 86 valence electrons. The van der Waals surface area contributed by atoms with E-state index < -0.39 is 0 Å². The molecule has 0 N–H and O–H groups in total. The lowest BCUT2D eigenvalue weighted by Gasteiger charge is -2.21. The first-order valence-corrected chi connectivity index (χ1v) is 6.11. The molecule has 2 heteroatoms. The van der Waals surface area contributed by atoms with Gasteiger partial charge in [-0.3, -0.25) is 4.79 Å². The molecule has 1 atom stereocenters. The molecule has 0 aromatic rings. The van der Waals surface area contributed by atoms with Crippen LogP contribution in [0.2, 0.25) is 0 Å². The molecule has 1 rings (SSSR count). The van der Waals surface area contributed by atoms with Crippen molar-refractivity contribution in [3.05, 3.63) is 0 Å². The van der Waals surface area contributed by atoms with Gasteiger partial charge in [0.05, 0.1) is 0 Å². The first-order valence-electron chi connectivity index (χ1n) is 6.11. The van der Waals surface area contributed by atoms with E-state index in [1.165, 1.54) is 19.3 Å². The van der Waals surface area contributed by atoms with E-state index in [4.69, 9.17) is 0 Å². The van der Waals surface area contributed by atoms with Gasteiger partial charge < -0.3 is 4.79 Å². The smallest absolute Gasteiger partial charge is 0.136 e. The average molecular weight is 210 g/mol. The van der Waals surface area contributed by atoms with E-state index >= 15 is 0 Å². The standard InChI is InChI=1S/C13H22O2/c1-10(8-11(2)14)9-13(15)12-6-4-3-5-7-12/h10,12H,3-9H2,1-2H3. The van der Waals surface area contributed by atoms with Crippen molar-refractivity contribution in [3.63, 3.8) is 0 Å². The molecule has 1 saturated carbocycles. The zero-order valence-electron chi connectivity index (χ0n) is 9.92. The highest BCUT2D eigenvalue weighted by Gasteiger charge is 2.22. The van der Waals surface area contributed by atoms with Gasteiger partial charge in [-0.1, -0.05) is 26.2 Å². The maximum Gasteiger partial charge on any atom is 0.136 e. The van der Waals surface area contributed by atoms with Crippen LogP contribution in [0, 0.1) is 11.8 Å². The van der Waals surface area contributed by atoms with Crippen molar-refractivity contribution in [2.24, 2.45) is 11.8 Å². The largest absolute Gasteiger partial charge is 0.300 e. The molecule has 0 amide bonds. The Morgan fingerprint density at radius 2 is 1.73 bits per heavy atom. The molecule has 0 aromatic carbocycles.